The van der Waals surface area contributed by atoms with Crippen molar-refractivity contribution in [2.75, 3.05) is 24.5 Å². The Balaban J connectivity index is 2.78. The first kappa shape index (κ1) is 14.0. The van der Waals surface area contributed by atoms with E-state index in [0.29, 0.717) is 0 Å². The maximum Gasteiger partial charge on any atom is 0.125 e. The van der Waals surface area contributed by atoms with E-state index in [-0.39, 0.29) is 5.82 Å². The zero-order valence-corrected chi connectivity index (χ0v) is 11.1. The largest absolute Gasteiger partial charge is 0.372 e. The van der Waals surface area contributed by atoms with Gasteiger partial charge in [-0.1, -0.05) is 6.92 Å². The Hall–Kier alpha value is -1.09. The summed E-state index contributed by atoms with van der Waals surface area (Å²) in [7, 11) is 0. The van der Waals surface area contributed by atoms with Gasteiger partial charge in [0, 0.05) is 25.3 Å². The SMILES string of the molecule is CCCNCc1cc(F)cc(N(CC)CC)c1. The lowest BCUT2D eigenvalue weighted by Crippen LogP contribution is -2.22. The second kappa shape index (κ2) is 7.28. The Kier molecular flexibility index (Phi) is 5.98. The van der Waals surface area contributed by atoms with Gasteiger partial charge in [-0.2, -0.15) is 0 Å². The van der Waals surface area contributed by atoms with Gasteiger partial charge in [-0.15, -0.1) is 0 Å². The van der Waals surface area contributed by atoms with Crippen LogP contribution < -0.4 is 10.2 Å². The third-order valence-electron chi connectivity index (χ3n) is 2.83. The van der Waals surface area contributed by atoms with E-state index in [0.717, 1.165) is 43.9 Å². The fraction of sp³-hybridized carbons (Fsp3) is 0.571. The topological polar surface area (TPSA) is 15.3 Å². The Bertz CT molecular complexity index is 335. The van der Waals surface area contributed by atoms with E-state index >= 15 is 0 Å². The lowest BCUT2D eigenvalue weighted by Gasteiger charge is -2.21. The molecule has 17 heavy (non-hydrogen) atoms. The average molecular weight is 238 g/mol. The molecular formula is C14H23FN2. The molecule has 0 saturated carbocycles. The molecule has 1 aromatic rings. The summed E-state index contributed by atoms with van der Waals surface area (Å²) >= 11 is 0. The number of hydrogen-bond acceptors (Lipinski definition) is 2. The molecule has 1 aromatic carbocycles. The van der Waals surface area contributed by atoms with Crippen molar-refractivity contribution in [3.63, 3.8) is 0 Å². The summed E-state index contributed by atoms with van der Waals surface area (Å²) in [6.45, 7) is 9.81. The summed E-state index contributed by atoms with van der Waals surface area (Å²) in [5, 5.41) is 3.30. The minimum atomic E-state index is -0.150. The molecule has 0 bridgehead atoms. The predicted molar refractivity (Wildman–Crippen MR) is 72.0 cm³/mol. The molecule has 0 radical (unpaired) electrons. The van der Waals surface area contributed by atoms with Crippen molar-refractivity contribution in [2.45, 2.75) is 33.7 Å². The van der Waals surface area contributed by atoms with Gasteiger partial charge in [-0.3, -0.25) is 0 Å². The van der Waals surface area contributed by atoms with Crippen LogP contribution in [0.5, 0.6) is 0 Å². The maximum atomic E-state index is 13.5. The van der Waals surface area contributed by atoms with Gasteiger partial charge in [0.05, 0.1) is 0 Å². The zero-order chi connectivity index (χ0) is 12.7. The molecule has 0 aromatic heterocycles. The third-order valence-corrected chi connectivity index (χ3v) is 2.83. The van der Waals surface area contributed by atoms with Crippen molar-refractivity contribution in [3.8, 4) is 0 Å². The molecule has 0 unspecified atom stereocenters. The van der Waals surface area contributed by atoms with Gasteiger partial charge in [0.1, 0.15) is 5.82 Å². The molecule has 0 saturated heterocycles. The van der Waals surface area contributed by atoms with Crippen LogP contribution in [0.1, 0.15) is 32.8 Å². The highest BCUT2D eigenvalue weighted by Gasteiger charge is 2.05. The van der Waals surface area contributed by atoms with E-state index in [1.807, 2.05) is 0 Å². The molecule has 0 fully saturated rings. The first-order valence-electron chi connectivity index (χ1n) is 6.46. The van der Waals surface area contributed by atoms with E-state index in [1.54, 1.807) is 12.1 Å². The predicted octanol–water partition coefficient (Wildman–Crippen LogP) is 3.17. The Morgan fingerprint density at radius 3 is 2.41 bits per heavy atom. The molecule has 0 aliphatic heterocycles. The van der Waals surface area contributed by atoms with E-state index in [9.17, 15) is 4.39 Å². The molecule has 0 spiro atoms. The zero-order valence-electron chi connectivity index (χ0n) is 11.1. The first-order chi connectivity index (χ1) is 8.21. The van der Waals surface area contributed by atoms with Crippen molar-refractivity contribution < 1.29 is 4.39 Å². The number of anilines is 1. The van der Waals surface area contributed by atoms with E-state index in [2.05, 4.69) is 37.1 Å². The van der Waals surface area contributed by atoms with Gasteiger partial charge < -0.3 is 10.2 Å². The van der Waals surface area contributed by atoms with Crippen LogP contribution in [0.15, 0.2) is 18.2 Å². The van der Waals surface area contributed by atoms with Gasteiger partial charge in [-0.25, -0.2) is 4.39 Å². The van der Waals surface area contributed by atoms with E-state index in [1.165, 1.54) is 0 Å². The molecule has 0 aliphatic carbocycles. The van der Waals surface area contributed by atoms with Crippen LogP contribution in [-0.2, 0) is 6.54 Å². The summed E-state index contributed by atoms with van der Waals surface area (Å²) in [5.74, 6) is -0.150. The number of nitrogens with one attached hydrogen (secondary N) is 1. The Labute approximate surface area is 104 Å². The van der Waals surface area contributed by atoms with Crippen molar-refractivity contribution in [3.05, 3.63) is 29.6 Å². The summed E-state index contributed by atoms with van der Waals surface area (Å²) in [6.07, 6.45) is 1.10. The van der Waals surface area contributed by atoms with Crippen molar-refractivity contribution in [2.24, 2.45) is 0 Å². The molecule has 3 heteroatoms. The molecule has 1 N–H and O–H groups in total. The van der Waals surface area contributed by atoms with Crippen LogP contribution in [-0.4, -0.2) is 19.6 Å². The van der Waals surface area contributed by atoms with Crippen molar-refractivity contribution in [1.29, 1.82) is 0 Å². The monoisotopic (exact) mass is 238 g/mol. The number of halogens is 1. The number of nitrogens with zero attached hydrogens (tertiary/aromatic N) is 1. The molecule has 2 nitrogen and oxygen atoms in total. The molecule has 0 heterocycles. The van der Waals surface area contributed by atoms with Crippen LogP contribution in [0, 0.1) is 5.82 Å². The van der Waals surface area contributed by atoms with Crippen molar-refractivity contribution >= 4 is 5.69 Å². The third kappa shape index (κ3) is 4.35. The molecule has 96 valence electrons. The molecule has 0 amide bonds. The molecule has 0 atom stereocenters. The average Bonchev–Trinajstić information content (AvgIpc) is 2.30. The summed E-state index contributed by atoms with van der Waals surface area (Å²) in [6, 6.07) is 5.28. The van der Waals surface area contributed by atoms with E-state index < -0.39 is 0 Å². The highest BCUT2D eigenvalue weighted by Crippen LogP contribution is 2.18. The summed E-state index contributed by atoms with van der Waals surface area (Å²) < 4.78 is 13.5. The van der Waals surface area contributed by atoms with Gasteiger partial charge in [0.25, 0.3) is 0 Å². The van der Waals surface area contributed by atoms with Crippen LogP contribution in [0.3, 0.4) is 0 Å². The number of hydrogen-bond donors (Lipinski definition) is 1. The van der Waals surface area contributed by atoms with Crippen LogP contribution >= 0.6 is 0 Å². The molecule has 1 rings (SSSR count). The molecular weight excluding hydrogens is 215 g/mol. The second-order valence-electron chi connectivity index (χ2n) is 4.17. The second-order valence-corrected chi connectivity index (χ2v) is 4.17. The highest BCUT2D eigenvalue weighted by atomic mass is 19.1. The highest BCUT2D eigenvalue weighted by molar-refractivity contribution is 5.48. The van der Waals surface area contributed by atoms with Crippen LogP contribution in [0.4, 0.5) is 10.1 Å². The van der Waals surface area contributed by atoms with Gasteiger partial charge in [-0.05, 0) is 50.6 Å². The summed E-state index contributed by atoms with van der Waals surface area (Å²) in [5.41, 5.74) is 1.99. The minimum absolute atomic E-state index is 0.150. The number of benzene rings is 1. The van der Waals surface area contributed by atoms with Gasteiger partial charge in [0.15, 0.2) is 0 Å². The first-order valence-corrected chi connectivity index (χ1v) is 6.46. The fourth-order valence-electron chi connectivity index (χ4n) is 1.92. The van der Waals surface area contributed by atoms with Crippen LogP contribution in [0.25, 0.3) is 0 Å². The lowest BCUT2D eigenvalue weighted by atomic mass is 10.1. The molecule has 0 aliphatic rings. The fourth-order valence-corrected chi connectivity index (χ4v) is 1.92. The smallest absolute Gasteiger partial charge is 0.125 e. The normalized spacial score (nSPS) is 10.6. The van der Waals surface area contributed by atoms with Gasteiger partial charge in [0.2, 0.25) is 0 Å². The standard InChI is InChI=1S/C14H23FN2/c1-4-7-16-11-12-8-13(15)10-14(9-12)17(5-2)6-3/h8-10,16H,4-7,11H2,1-3H3. The Morgan fingerprint density at radius 1 is 1.12 bits per heavy atom. The maximum absolute atomic E-state index is 13.5. The lowest BCUT2D eigenvalue weighted by molar-refractivity contribution is 0.618. The Morgan fingerprint density at radius 2 is 1.82 bits per heavy atom. The summed E-state index contributed by atoms with van der Waals surface area (Å²) in [4.78, 5) is 2.16. The minimum Gasteiger partial charge on any atom is -0.372 e. The van der Waals surface area contributed by atoms with Gasteiger partial charge >= 0.3 is 0 Å². The number of rotatable bonds is 7. The quantitative estimate of drug-likeness (QED) is 0.734. The van der Waals surface area contributed by atoms with Crippen molar-refractivity contribution in [1.82, 2.24) is 5.32 Å². The van der Waals surface area contributed by atoms with Crippen LogP contribution in [0.2, 0.25) is 0 Å². The van der Waals surface area contributed by atoms with E-state index in [4.69, 9.17) is 0 Å².